The summed E-state index contributed by atoms with van der Waals surface area (Å²) in [5.41, 5.74) is 1.16. The molecule has 3 aromatic rings. The maximum atomic E-state index is 14.5. The molecular formula is C17H18F2N6O2S. The molecule has 0 aliphatic carbocycles. The third-order valence-corrected chi connectivity index (χ3v) is 5.95. The van der Waals surface area contributed by atoms with E-state index in [0.29, 0.717) is 11.4 Å². The smallest absolute Gasteiger partial charge is 0.241 e. The van der Waals surface area contributed by atoms with Gasteiger partial charge in [-0.25, -0.2) is 26.7 Å². The molecular weight excluding hydrogens is 390 g/mol. The van der Waals surface area contributed by atoms with Crippen LogP contribution >= 0.6 is 0 Å². The minimum Gasteiger partial charge on any atom is -0.347 e. The summed E-state index contributed by atoms with van der Waals surface area (Å²) in [7, 11) is -3.44. The zero-order valence-electron chi connectivity index (χ0n) is 15.0. The summed E-state index contributed by atoms with van der Waals surface area (Å²) in [6.45, 7) is -0.0213. The van der Waals surface area contributed by atoms with Crippen LogP contribution < -0.4 is 5.32 Å². The van der Waals surface area contributed by atoms with Gasteiger partial charge < -0.3 is 5.32 Å². The topological polar surface area (TPSA) is 92.5 Å². The minimum atomic E-state index is -3.44. The number of halogens is 2. The summed E-state index contributed by atoms with van der Waals surface area (Å²) >= 11 is 0. The lowest BCUT2D eigenvalue weighted by Crippen LogP contribution is -2.49. The number of sulfonamides is 1. The van der Waals surface area contributed by atoms with Crippen LogP contribution in [0.5, 0.6) is 0 Å². The highest BCUT2D eigenvalue weighted by atomic mass is 32.2. The molecule has 28 heavy (non-hydrogen) atoms. The monoisotopic (exact) mass is 408 g/mol. The highest BCUT2D eigenvalue weighted by Crippen LogP contribution is 2.24. The second-order valence-corrected chi connectivity index (χ2v) is 8.63. The van der Waals surface area contributed by atoms with Crippen LogP contribution in [0.3, 0.4) is 0 Å². The lowest BCUT2D eigenvalue weighted by molar-refractivity contribution is 0.186. The van der Waals surface area contributed by atoms with Crippen LogP contribution in [0.4, 0.5) is 14.7 Å². The number of rotatable bonds is 4. The van der Waals surface area contributed by atoms with Gasteiger partial charge in [0.05, 0.1) is 29.9 Å². The molecule has 0 aromatic carbocycles. The van der Waals surface area contributed by atoms with Crippen molar-refractivity contribution in [3.8, 4) is 11.4 Å². The fourth-order valence-electron chi connectivity index (χ4n) is 3.22. The average molecular weight is 408 g/mol. The number of hydrogen-bond acceptors (Lipinski definition) is 6. The minimum absolute atomic E-state index is 0.126. The normalized spacial score (nSPS) is 21.1. The Morgan fingerprint density at radius 1 is 1.29 bits per heavy atom. The van der Waals surface area contributed by atoms with Crippen molar-refractivity contribution in [2.45, 2.75) is 18.6 Å². The first-order valence-corrected chi connectivity index (χ1v) is 10.5. The molecule has 0 bridgehead atoms. The van der Waals surface area contributed by atoms with Crippen molar-refractivity contribution in [3.05, 3.63) is 42.5 Å². The second-order valence-electron chi connectivity index (χ2n) is 6.65. The van der Waals surface area contributed by atoms with E-state index in [1.54, 1.807) is 24.4 Å². The number of anilines is 1. The highest BCUT2D eigenvalue weighted by molar-refractivity contribution is 7.88. The number of hydrogen-bond donors (Lipinski definition) is 1. The third kappa shape index (κ3) is 3.54. The van der Waals surface area contributed by atoms with E-state index in [1.165, 1.54) is 16.8 Å². The highest BCUT2D eigenvalue weighted by Gasteiger charge is 2.33. The molecule has 1 aliphatic rings. The van der Waals surface area contributed by atoms with Gasteiger partial charge in [-0.3, -0.25) is 4.98 Å². The molecule has 0 radical (unpaired) electrons. The number of pyridine rings is 1. The molecule has 11 heteroatoms. The Morgan fingerprint density at radius 3 is 2.79 bits per heavy atom. The first-order chi connectivity index (χ1) is 13.3. The van der Waals surface area contributed by atoms with Crippen molar-refractivity contribution in [1.29, 1.82) is 0 Å². The van der Waals surface area contributed by atoms with Gasteiger partial charge in [-0.2, -0.15) is 4.31 Å². The summed E-state index contributed by atoms with van der Waals surface area (Å²) in [6, 6.07) is 5.94. The van der Waals surface area contributed by atoms with Gasteiger partial charge in [0.1, 0.15) is 11.7 Å². The number of fused-ring (bicyclic) bond motifs is 1. The van der Waals surface area contributed by atoms with Crippen LogP contribution in [0.15, 0.2) is 36.7 Å². The number of alkyl halides is 1. The van der Waals surface area contributed by atoms with Crippen molar-refractivity contribution in [1.82, 2.24) is 23.9 Å². The van der Waals surface area contributed by atoms with Gasteiger partial charge in [0, 0.05) is 25.4 Å². The maximum absolute atomic E-state index is 14.5. The van der Waals surface area contributed by atoms with Crippen LogP contribution in [0.25, 0.3) is 16.9 Å². The molecule has 148 valence electrons. The van der Waals surface area contributed by atoms with Gasteiger partial charge >= 0.3 is 0 Å². The summed E-state index contributed by atoms with van der Waals surface area (Å²) in [5.74, 6) is -0.363. The van der Waals surface area contributed by atoms with Crippen molar-refractivity contribution in [2.24, 2.45) is 0 Å². The van der Waals surface area contributed by atoms with Crippen molar-refractivity contribution < 1.29 is 17.2 Å². The molecule has 4 rings (SSSR count). The van der Waals surface area contributed by atoms with Crippen LogP contribution in [0, 0.1) is 5.82 Å². The molecule has 0 amide bonds. The number of aromatic nitrogens is 4. The zero-order valence-corrected chi connectivity index (χ0v) is 15.8. The Hall–Kier alpha value is -2.66. The fraction of sp³-hybridized carbons (Fsp3) is 0.353. The Morgan fingerprint density at radius 2 is 2.11 bits per heavy atom. The van der Waals surface area contributed by atoms with E-state index in [4.69, 9.17) is 0 Å². The third-order valence-electron chi connectivity index (χ3n) is 4.68. The van der Waals surface area contributed by atoms with E-state index in [2.05, 4.69) is 20.4 Å². The Labute approximate surface area is 160 Å². The van der Waals surface area contributed by atoms with Gasteiger partial charge in [-0.1, -0.05) is 6.07 Å². The van der Waals surface area contributed by atoms with Crippen LogP contribution in [-0.2, 0) is 10.0 Å². The van der Waals surface area contributed by atoms with E-state index >= 15 is 0 Å². The second kappa shape index (κ2) is 7.06. The quantitative estimate of drug-likeness (QED) is 0.707. The largest absolute Gasteiger partial charge is 0.347 e. The van der Waals surface area contributed by atoms with Crippen molar-refractivity contribution >= 4 is 21.5 Å². The molecule has 2 atom stereocenters. The number of piperidine rings is 1. The molecule has 1 aliphatic heterocycles. The summed E-state index contributed by atoms with van der Waals surface area (Å²) in [4.78, 5) is 8.28. The molecule has 1 N–H and O–H groups in total. The number of nitrogens with one attached hydrogen (secondary N) is 1. The molecule has 0 spiro atoms. The average Bonchev–Trinajstić information content (AvgIpc) is 2.99. The number of nitrogens with zero attached hydrogens (tertiary/aromatic N) is 5. The van der Waals surface area contributed by atoms with Crippen molar-refractivity contribution in [2.75, 3.05) is 24.7 Å². The van der Waals surface area contributed by atoms with E-state index in [-0.39, 0.29) is 31.0 Å². The van der Waals surface area contributed by atoms with Gasteiger partial charge in [0.25, 0.3) is 0 Å². The van der Waals surface area contributed by atoms with Crippen LogP contribution in [0.2, 0.25) is 0 Å². The molecule has 0 saturated carbocycles. The van der Waals surface area contributed by atoms with Crippen LogP contribution in [0.1, 0.15) is 6.42 Å². The van der Waals surface area contributed by atoms with E-state index in [1.807, 2.05) is 0 Å². The lowest BCUT2D eigenvalue weighted by Gasteiger charge is -2.33. The zero-order chi connectivity index (χ0) is 19.9. The lowest BCUT2D eigenvalue weighted by atomic mass is 10.1. The molecule has 4 heterocycles. The van der Waals surface area contributed by atoms with Crippen LogP contribution in [-0.4, -0.2) is 63.9 Å². The van der Waals surface area contributed by atoms with Gasteiger partial charge in [-0.15, -0.1) is 5.10 Å². The molecule has 1 saturated heterocycles. The summed E-state index contributed by atoms with van der Waals surface area (Å²) in [5, 5.41) is 7.18. The van der Waals surface area contributed by atoms with Gasteiger partial charge in [0.15, 0.2) is 5.82 Å². The summed E-state index contributed by atoms with van der Waals surface area (Å²) < 4.78 is 54.4. The molecule has 3 aromatic heterocycles. The predicted octanol–water partition coefficient (Wildman–Crippen LogP) is 1.71. The first-order valence-electron chi connectivity index (χ1n) is 8.64. The van der Waals surface area contributed by atoms with Gasteiger partial charge in [-0.05, 0) is 18.6 Å². The van der Waals surface area contributed by atoms with E-state index < -0.39 is 28.1 Å². The molecule has 8 nitrogen and oxygen atoms in total. The SMILES string of the molecule is CS(=O)(=O)N1CC[C@@H](Nc2ncc3c(F)cc(-c4ccccn4)n3n2)[C@H](F)C1. The fourth-order valence-corrected chi connectivity index (χ4v) is 4.07. The van der Waals surface area contributed by atoms with Gasteiger partial charge in [0.2, 0.25) is 16.0 Å². The Balaban J connectivity index is 1.60. The summed E-state index contributed by atoms with van der Waals surface area (Å²) in [6.07, 6.45) is 2.82. The molecule has 0 unspecified atom stereocenters. The maximum Gasteiger partial charge on any atom is 0.241 e. The van der Waals surface area contributed by atoms with Crippen molar-refractivity contribution in [3.63, 3.8) is 0 Å². The standard InChI is InChI=1S/C17H18F2N6O2S/c1-28(26,27)24-7-5-13(12(19)10-24)22-17-21-9-16-11(18)8-15(25(16)23-17)14-4-2-3-6-20-14/h2-4,6,8-9,12-13H,5,7,10H2,1H3,(H,22,23)/t12-,13-/m1/s1. The first kappa shape index (κ1) is 18.7. The Kier molecular flexibility index (Phi) is 4.71. The predicted molar refractivity (Wildman–Crippen MR) is 99.5 cm³/mol. The van der Waals surface area contributed by atoms with E-state index in [9.17, 15) is 17.2 Å². The Bertz CT molecular complexity index is 1110. The molecule has 1 fully saturated rings. The van der Waals surface area contributed by atoms with E-state index in [0.717, 1.165) is 10.6 Å².